The monoisotopic (exact) mass is 156 g/mol. The molecule has 0 saturated carbocycles. The van der Waals surface area contributed by atoms with Gasteiger partial charge in [-0.25, -0.2) is 9.18 Å². The minimum atomic E-state index is -1.07. The van der Waals surface area contributed by atoms with E-state index in [1.54, 1.807) is 0 Å². The first kappa shape index (κ1) is 7.68. The first-order valence-corrected chi connectivity index (χ1v) is 2.96. The summed E-state index contributed by atoms with van der Waals surface area (Å²) in [5.41, 5.74) is 3.48. The number of carbonyl (C=O) groups is 1. The second-order valence-electron chi connectivity index (χ2n) is 2.11. The van der Waals surface area contributed by atoms with Crippen LogP contribution in [-0.2, 0) is 0 Å². The van der Waals surface area contributed by atoms with Crippen LogP contribution in [-0.4, -0.2) is 11.1 Å². The van der Waals surface area contributed by atoms with Crippen molar-refractivity contribution in [2.24, 2.45) is 0 Å². The zero-order chi connectivity index (χ0) is 8.43. The highest BCUT2D eigenvalue weighted by molar-refractivity contribution is 5.88. The maximum absolute atomic E-state index is 12.5. The highest BCUT2D eigenvalue weighted by Gasteiger charge is 2.07. The highest BCUT2D eigenvalue weighted by atomic mass is 19.1. The van der Waals surface area contributed by atoms with E-state index in [0.717, 1.165) is 6.07 Å². The van der Waals surface area contributed by atoms with Gasteiger partial charge >= 0.3 is 5.97 Å². The molecular formula is C7H7FNO2+. The standard InChI is InChI=1S/C7H6FNO2/c8-5-2-1-4(7(10)11)3-6(5)9/h1-3H,9H2,(H,10,11)/p+1. The number of aromatic carboxylic acids is 1. The smallest absolute Gasteiger partial charge is 0.335 e. The predicted molar refractivity (Wildman–Crippen MR) is 35.9 cm³/mol. The van der Waals surface area contributed by atoms with E-state index in [-0.39, 0.29) is 11.3 Å². The fraction of sp³-hybridized carbons (Fsp3) is 0. The summed E-state index contributed by atoms with van der Waals surface area (Å²) < 4.78 is 12.5. The quantitative estimate of drug-likeness (QED) is 0.618. The van der Waals surface area contributed by atoms with E-state index in [1.165, 1.54) is 12.1 Å². The maximum Gasteiger partial charge on any atom is 0.335 e. The number of halogens is 1. The van der Waals surface area contributed by atoms with Crippen LogP contribution in [0.3, 0.4) is 0 Å². The molecule has 0 spiro atoms. The summed E-state index contributed by atoms with van der Waals surface area (Å²) in [4.78, 5) is 10.3. The summed E-state index contributed by atoms with van der Waals surface area (Å²) in [5, 5.41) is 8.45. The molecule has 0 heterocycles. The Balaban J connectivity index is 3.15. The maximum atomic E-state index is 12.5. The second-order valence-corrected chi connectivity index (χ2v) is 2.11. The Bertz CT molecular complexity index is 298. The molecule has 3 nitrogen and oxygen atoms in total. The third-order valence-electron chi connectivity index (χ3n) is 1.29. The van der Waals surface area contributed by atoms with Crippen molar-refractivity contribution in [2.45, 2.75) is 0 Å². The number of benzene rings is 1. The molecule has 1 aromatic rings. The molecule has 0 fully saturated rings. The molecule has 0 bridgehead atoms. The van der Waals surface area contributed by atoms with E-state index in [4.69, 9.17) is 5.11 Å². The van der Waals surface area contributed by atoms with Gasteiger partial charge in [0.1, 0.15) is 0 Å². The molecule has 0 atom stereocenters. The Morgan fingerprint density at radius 1 is 1.55 bits per heavy atom. The molecule has 0 unspecified atom stereocenters. The minimum absolute atomic E-state index is 0.0522. The van der Waals surface area contributed by atoms with Gasteiger partial charge in [-0.05, 0) is 12.1 Å². The summed E-state index contributed by atoms with van der Waals surface area (Å²) in [6.07, 6.45) is 0. The van der Waals surface area contributed by atoms with Crippen LogP contribution < -0.4 is 5.73 Å². The first-order chi connectivity index (χ1) is 5.11. The van der Waals surface area contributed by atoms with E-state index in [9.17, 15) is 9.18 Å². The van der Waals surface area contributed by atoms with Crippen molar-refractivity contribution in [3.63, 3.8) is 0 Å². The van der Waals surface area contributed by atoms with Crippen molar-refractivity contribution in [2.75, 3.05) is 0 Å². The average Bonchev–Trinajstić information content (AvgIpc) is 1.94. The lowest BCUT2D eigenvalue weighted by Crippen LogP contribution is -2.41. The van der Waals surface area contributed by atoms with Gasteiger partial charge in [-0.15, -0.1) is 0 Å². The van der Waals surface area contributed by atoms with Crippen LogP contribution in [0.25, 0.3) is 0 Å². The van der Waals surface area contributed by atoms with Gasteiger partial charge in [-0.1, -0.05) is 0 Å². The van der Waals surface area contributed by atoms with Gasteiger partial charge in [0.15, 0.2) is 11.5 Å². The summed E-state index contributed by atoms with van der Waals surface area (Å²) in [5.74, 6) is -1.56. The molecule has 0 aliphatic heterocycles. The van der Waals surface area contributed by atoms with Crippen molar-refractivity contribution in [3.05, 3.63) is 29.6 Å². The molecule has 11 heavy (non-hydrogen) atoms. The largest absolute Gasteiger partial charge is 0.478 e. The average molecular weight is 156 g/mol. The topological polar surface area (TPSA) is 64.9 Å². The van der Waals surface area contributed by atoms with Crippen LogP contribution in [0.1, 0.15) is 10.4 Å². The van der Waals surface area contributed by atoms with Crippen molar-refractivity contribution in [1.82, 2.24) is 0 Å². The molecule has 4 heteroatoms. The Labute approximate surface area is 62.3 Å². The Hall–Kier alpha value is -1.42. The lowest BCUT2D eigenvalue weighted by molar-refractivity contribution is -0.258. The Morgan fingerprint density at radius 2 is 2.18 bits per heavy atom. The number of carboxylic acid groups (broad SMARTS) is 1. The van der Waals surface area contributed by atoms with Crippen LogP contribution in [0.4, 0.5) is 10.1 Å². The Morgan fingerprint density at radius 3 is 2.64 bits per heavy atom. The van der Waals surface area contributed by atoms with Crippen LogP contribution in [0, 0.1) is 5.82 Å². The second kappa shape index (κ2) is 2.67. The summed E-state index contributed by atoms with van der Waals surface area (Å²) in [7, 11) is 0. The van der Waals surface area contributed by atoms with E-state index in [2.05, 4.69) is 5.73 Å². The van der Waals surface area contributed by atoms with E-state index in [0.29, 0.717) is 0 Å². The highest BCUT2D eigenvalue weighted by Crippen LogP contribution is 2.09. The summed E-state index contributed by atoms with van der Waals surface area (Å²) in [6, 6.07) is 3.48. The predicted octanol–water partition coefficient (Wildman–Crippen LogP) is 0.397. The van der Waals surface area contributed by atoms with Gasteiger partial charge in [0.25, 0.3) is 0 Å². The third-order valence-corrected chi connectivity index (χ3v) is 1.29. The number of hydrogen-bond acceptors (Lipinski definition) is 1. The van der Waals surface area contributed by atoms with Crippen molar-refractivity contribution in [3.8, 4) is 0 Å². The van der Waals surface area contributed by atoms with Crippen molar-refractivity contribution in [1.29, 1.82) is 0 Å². The number of quaternary nitrogens is 1. The van der Waals surface area contributed by atoms with Crippen LogP contribution in [0.15, 0.2) is 18.2 Å². The van der Waals surface area contributed by atoms with Gasteiger partial charge in [-0.3, -0.25) is 0 Å². The molecule has 0 aliphatic rings. The van der Waals surface area contributed by atoms with Crippen LogP contribution in [0.2, 0.25) is 0 Å². The fourth-order valence-corrected chi connectivity index (χ4v) is 0.708. The van der Waals surface area contributed by atoms with Gasteiger partial charge in [0.05, 0.1) is 5.56 Å². The molecule has 0 radical (unpaired) electrons. The third kappa shape index (κ3) is 1.53. The molecule has 0 saturated heterocycles. The van der Waals surface area contributed by atoms with E-state index in [1.807, 2.05) is 0 Å². The lowest BCUT2D eigenvalue weighted by atomic mass is 10.2. The van der Waals surface area contributed by atoms with Crippen LogP contribution in [0.5, 0.6) is 0 Å². The molecule has 0 aromatic heterocycles. The molecule has 0 aliphatic carbocycles. The SMILES string of the molecule is [NH3+]c1cc(C(=O)O)ccc1F. The number of carboxylic acids is 1. The number of hydrogen-bond donors (Lipinski definition) is 2. The van der Waals surface area contributed by atoms with E-state index < -0.39 is 11.8 Å². The van der Waals surface area contributed by atoms with Gasteiger partial charge in [-0.2, -0.15) is 0 Å². The summed E-state index contributed by atoms with van der Waals surface area (Å²) in [6.45, 7) is 0. The zero-order valence-corrected chi connectivity index (χ0v) is 5.67. The van der Waals surface area contributed by atoms with Crippen molar-refractivity contribution >= 4 is 11.7 Å². The van der Waals surface area contributed by atoms with Gasteiger partial charge in [0.2, 0.25) is 0 Å². The zero-order valence-electron chi connectivity index (χ0n) is 5.67. The van der Waals surface area contributed by atoms with Crippen molar-refractivity contribution < 1.29 is 20.0 Å². The fourth-order valence-electron chi connectivity index (χ4n) is 0.708. The lowest BCUT2D eigenvalue weighted by Gasteiger charge is -1.93. The molecule has 58 valence electrons. The first-order valence-electron chi connectivity index (χ1n) is 2.96. The summed E-state index contributed by atoms with van der Waals surface area (Å²) >= 11 is 0. The molecule has 1 rings (SSSR count). The molecule has 0 amide bonds. The Kier molecular flexibility index (Phi) is 1.87. The molecule has 1 aromatic carbocycles. The normalized spacial score (nSPS) is 9.64. The molecular weight excluding hydrogens is 149 g/mol. The minimum Gasteiger partial charge on any atom is -0.478 e. The number of rotatable bonds is 1. The van der Waals surface area contributed by atoms with Crippen LogP contribution >= 0.6 is 0 Å². The van der Waals surface area contributed by atoms with E-state index >= 15 is 0 Å². The van der Waals surface area contributed by atoms with Gasteiger partial charge in [0, 0.05) is 6.07 Å². The molecule has 4 N–H and O–H groups in total. The van der Waals surface area contributed by atoms with Gasteiger partial charge < -0.3 is 10.8 Å².